The molecule has 2 saturated heterocycles. The summed E-state index contributed by atoms with van der Waals surface area (Å²) >= 11 is 1.84. The van der Waals surface area contributed by atoms with Crippen LogP contribution in [0.4, 0.5) is 5.82 Å². The standard InChI is InChI=1S/C15H21N3OS/c19-15(13-5-2-4-12-20-13)18-10-8-17(9-11-18)14-6-1-3-7-16-14/h1,3,6-7,13H,2,4-5,8-12H2. The van der Waals surface area contributed by atoms with Crippen LogP contribution in [-0.4, -0.2) is 53.0 Å². The zero-order valence-electron chi connectivity index (χ0n) is 11.7. The average Bonchev–Trinajstić information content (AvgIpc) is 2.56. The molecule has 1 aromatic heterocycles. The van der Waals surface area contributed by atoms with E-state index in [0.717, 1.165) is 44.2 Å². The third kappa shape index (κ3) is 3.08. The number of hydrogen-bond acceptors (Lipinski definition) is 4. The summed E-state index contributed by atoms with van der Waals surface area (Å²) in [7, 11) is 0. The molecule has 4 nitrogen and oxygen atoms in total. The van der Waals surface area contributed by atoms with Gasteiger partial charge in [0, 0.05) is 32.4 Å². The number of aromatic nitrogens is 1. The lowest BCUT2D eigenvalue weighted by molar-refractivity contribution is -0.131. The van der Waals surface area contributed by atoms with Gasteiger partial charge in [-0.1, -0.05) is 12.5 Å². The van der Waals surface area contributed by atoms with Crippen molar-refractivity contribution < 1.29 is 4.79 Å². The van der Waals surface area contributed by atoms with Gasteiger partial charge in [-0.25, -0.2) is 4.98 Å². The fourth-order valence-electron chi connectivity index (χ4n) is 2.84. The van der Waals surface area contributed by atoms with Crippen LogP contribution in [-0.2, 0) is 4.79 Å². The highest BCUT2D eigenvalue weighted by atomic mass is 32.2. The topological polar surface area (TPSA) is 36.4 Å². The Hall–Kier alpha value is -1.23. The largest absolute Gasteiger partial charge is 0.353 e. The Morgan fingerprint density at radius 1 is 1.20 bits per heavy atom. The normalized spacial score (nSPS) is 23.7. The molecule has 0 N–H and O–H groups in total. The molecule has 3 heterocycles. The number of thioether (sulfide) groups is 1. The molecule has 2 fully saturated rings. The predicted molar refractivity (Wildman–Crippen MR) is 83.1 cm³/mol. The van der Waals surface area contributed by atoms with Gasteiger partial charge in [0.2, 0.25) is 5.91 Å². The first-order valence-electron chi connectivity index (χ1n) is 7.41. The molecule has 0 aromatic carbocycles. The van der Waals surface area contributed by atoms with Crippen LogP contribution in [0.5, 0.6) is 0 Å². The molecule has 1 atom stereocenters. The summed E-state index contributed by atoms with van der Waals surface area (Å²) in [4.78, 5) is 21.2. The minimum absolute atomic E-state index is 0.213. The molecule has 2 aliphatic rings. The number of hydrogen-bond donors (Lipinski definition) is 0. The zero-order valence-corrected chi connectivity index (χ0v) is 12.5. The van der Waals surface area contributed by atoms with Crippen molar-refractivity contribution >= 4 is 23.5 Å². The third-order valence-corrected chi connectivity index (χ3v) is 5.38. The van der Waals surface area contributed by atoms with Crippen LogP contribution in [0, 0.1) is 0 Å². The maximum absolute atomic E-state index is 12.5. The molecule has 1 aromatic rings. The molecule has 1 unspecified atom stereocenters. The van der Waals surface area contributed by atoms with Crippen LogP contribution in [0.3, 0.4) is 0 Å². The second-order valence-electron chi connectivity index (χ2n) is 5.36. The first-order chi connectivity index (χ1) is 9.84. The molecule has 0 radical (unpaired) electrons. The summed E-state index contributed by atoms with van der Waals surface area (Å²) < 4.78 is 0. The Morgan fingerprint density at radius 2 is 2.05 bits per heavy atom. The van der Waals surface area contributed by atoms with E-state index in [1.54, 1.807) is 0 Å². The number of carbonyl (C=O) groups excluding carboxylic acids is 1. The fourth-order valence-corrected chi connectivity index (χ4v) is 4.12. The third-order valence-electron chi connectivity index (χ3n) is 4.02. The number of piperazine rings is 1. The number of amides is 1. The molecular weight excluding hydrogens is 270 g/mol. The van der Waals surface area contributed by atoms with Gasteiger partial charge in [-0.15, -0.1) is 11.8 Å². The van der Waals surface area contributed by atoms with Gasteiger partial charge in [0.15, 0.2) is 0 Å². The lowest BCUT2D eigenvalue weighted by Gasteiger charge is -2.37. The Bertz CT molecular complexity index is 440. The molecular formula is C15H21N3OS. The van der Waals surface area contributed by atoms with Gasteiger partial charge < -0.3 is 9.80 Å². The van der Waals surface area contributed by atoms with Crippen LogP contribution >= 0.6 is 11.8 Å². The van der Waals surface area contributed by atoms with Crippen LogP contribution < -0.4 is 4.90 Å². The summed E-state index contributed by atoms with van der Waals surface area (Å²) in [6.07, 6.45) is 5.36. The van der Waals surface area contributed by atoms with E-state index in [0.29, 0.717) is 5.91 Å². The Balaban J connectivity index is 1.54. The Labute approximate surface area is 124 Å². The van der Waals surface area contributed by atoms with Crippen molar-refractivity contribution in [2.24, 2.45) is 0 Å². The number of pyridine rings is 1. The van der Waals surface area contributed by atoms with Crippen LogP contribution in [0.25, 0.3) is 0 Å². The van der Waals surface area contributed by atoms with Crippen molar-refractivity contribution in [3.8, 4) is 0 Å². The molecule has 3 rings (SSSR count). The van der Waals surface area contributed by atoms with Crippen molar-refractivity contribution in [1.29, 1.82) is 0 Å². The van der Waals surface area contributed by atoms with Crippen LogP contribution in [0.2, 0.25) is 0 Å². The van der Waals surface area contributed by atoms with Gasteiger partial charge >= 0.3 is 0 Å². The van der Waals surface area contributed by atoms with Gasteiger partial charge in [-0.2, -0.15) is 0 Å². The second-order valence-corrected chi connectivity index (χ2v) is 6.67. The monoisotopic (exact) mass is 291 g/mol. The molecule has 5 heteroatoms. The van der Waals surface area contributed by atoms with Crippen LogP contribution in [0.1, 0.15) is 19.3 Å². The number of anilines is 1. The number of rotatable bonds is 2. The summed E-state index contributed by atoms with van der Waals surface area (Å²) in [5.41, 5.74) is 0. The first kappa shape index (κ1) is 13.7. The van der Waals surface area contributed by atoms with Crippen molar-refractivity contribution in [1.82, 2.24) is 9.88 Å². The van der Waals surface area contributed by atoms with E-state index in [9.17, 15) is 4.79 Å². The van der Waals surface area contributed by atoms with E-state index in [4.69, 9.17) is 0 Å². The van der Waals surface area contributed by atoms with E-state index < -0.39 is 0 Å². The first-order valence-corrected chi connectivity index (χ1v) is 8.46. The van der Waals surface area contributed by atoms with Crippen LogP contribution in [0.15, 0.2) is 24.4 Å². The van der Waals surface area contributed by atoms with E-state index in [2.05, 4.69) is 9.88 Å². The van der Waals surface area contributed by atoms with Gasteiger partial charge in [0.1, 0.15) is 5.82 Å². The second kappa shape index (κ2) is 6.48. The Kier molecular flexibility index (Phi) is 4.45. The minimum Gasteiger partial charge on any atom is -0.353 e. The zero-order chi connectivity index (χ0) is 13.8. The lowest BCUT2D eigenvalue weighted by atomic mass is 10.1. The van der Waals surface area contributed by atoms with E-state index >= 15 is 0 Å². The predicted octanol–water partition coefficient (Wildman–Crippen LogP) is 2.02. The van der Waals surface area contributed by atoms with Crippen molar-refractivity contribution in [2.75, 3.05) is 36.8 Å². The summed E-state index contributed by atoms with van der Waals surface area (Å²) in [6, 6.07) is 5.98. The number of carbonyl (C=O) groups is 1. The van der Waals surface area contributed by atoms with Crippen molar-refractivity contribution in [3.05, 3.63) is 24.4 Å². The molecule has 20 heavy (non-hydrogen) atoms. The minimum atomic E-state index is 0.213. The molecule has 0 aliphatic carbocycles. The summed E-state index contributed by atoms with van der Waals surface area (Å²) in [6.45, 7) is 3.43. The van der Waals surface area contributed by atoms with E-state index in [-0.39, 0.29) is 5.25 Å². The molecule has 108 valence electrons. The van der Waals surface area contributed by atoms with E-state index in [1.807, 2.05) is 41.1 Å². The van der Waals surface area contributed by atoms with Crippen molar-refractivity contribution in [3.63, 3.8) is 0 Å². The molecule has 0 saturated carbocycles. The molecule has 0 spiro atoms. The van der Waals surface area contributed by atoms with Crippen molar-refractivity contribution in [2.45, 2.75) is 24.5 Å². The number of nitrogens with zero attached hydrogens (tertiary/aromatic N) is 3. The van der Waals surface area contributed by atoms with Gasteiger partial charge in [-0.3, -0.25) is 4.79 Å². The highest BCUT2D eigenvalue weighted by Gasteiger charge is 2.29. The fraction of sp³-hybridized carbons (Fsp3) is 0.600. The van der Waals surface area contributed by atoms with Gasteiger partial charge in [0.25, 0.3) is 0 Å². The molecule has 2 aliphatic heterocycles. The highest BCUT2D eigenvalue weighted by molar-refractivity contribution is 8.00. The molecule has 0 bridgehead atoms. The van der Waals surface area contributed by atoms with Gasteiger partial charge in [-0.05, 0) is 30.7 Å². The maximum atomic E-state index is 12.5. The quantitative estimate of drug-likeness (QED) is 0.835. The average molecular weight is 291 g/mol. The SMILES string of the molecule is O=C(C1CCCCS1)N1CCN(c2ccccn2)CC1. The lowest BCUT2D eigenvalue weighted by Crippen LogP contribution is -2.51. The summed E-state index contributed by atoms with van der Waals surface area (Å²) in [5, 5.41) is 0.213. The van der Waals surface area contributed by atoms with Gasteiger partial charge in [0.05, 0.1) is 5.25 Å². The smallest absolute Gasteiger partial charge is 0.235 e. The maximum Gasteiger partial charge on any atom is 0.235 e. The summed E-state index contributed by atoms with van der Waals surface area (Å²) in [5.74, 6) is 2.52. The highest BCUT2D eigenvalue weighted by Crippen LogP contribution is 2.27. The molecule has 1 amide bonds. The van der Waals surface area contributed by atoms with E-state index in [1.165, 1.54) is 12.8 Å². The Morgan fingerprint density at radius 3 is 2.70 bits per heavy atom.